The lowest BCUT2D eigenvalue weighted by molar-refractivity contribution is 0.0527. The predicted molar refractivity (Wildman–Crippen MR) is 77.5 cm³/mol. The number of para-hydroxylation sites is 2. The summed E-state index contributed by atoms with van der Waals surface area (Å²) in [5, 5.41) is 0. The van der Waals surface area contributed by atoms with Gasteiger partial charge in [0, 0.05) is 5.56 Å². The summed E-state index contributed by atoms with van der Waals surface area (Å²) < 4.78 is 5.08. The molecular weight excluding hydrogens is 252 g/mol. The summed E-state index contributed by atoms with van der Waals surface area (Å²) in [6, 6.07) is 15.1. The molecule has 0 atom stereocenters. The Kier molecular flexibility index (Phi) is 3.21. The molecule has 3 rings (SSSR count). The zero-order valence-electron chi connectivity index (χ0n) is 11.1. The van der Waals surface area contributed by atoms with E-state index in [4.69, 9.17) is 4.74 Å². The van der Waals surface area contributed by atoms with Crippen LogP contribution in [0.5, 0.6) is 0 Å². The van der Waals surface area contributed by atoms with Crippen molar-refractivity contribution in [3.8, 4) is 11.4 Å². The number of carbonyl (C=O) groups is 1. The molecule has 1 aromatic heterocycles. The van der Waals surface area contributed by atoms with Crippen LogP contribution >= 0.6 is 0 Å². The van der Waals surface area contributed by atoms with Crippen LogP contribution in [0.1, 0.15) is 17.3 Å². The van der Waals surface area contributed by atoms with Crippen molar-refractivity contribution in [2.75, 3.05) is 6.61 Å². The molecule has 0 saturated carbocycles. The first-order chi connectivity index (χ1) is 9.79. The lowest BCUT2D eigenvalue weighted by Gasteiger charge is -2.06. The Morgan fingerprint density at radius 2 is 1.90 bits per heavy atom. The van der Waals surface area contributed by atoms with E-state index in [1.54, 1.807) is 13.0 Å². The molecule has 20 heavy (non-hydrogen) atoms. The largest absolute Gasteiger partial charge is 0.462 e. The normalized spacial score (nSPS) is 10.7. The van der Waals surface area contributed by atoms with Crippen molar-refractivity contribution in [3.63, 3.8) is 0 Å². The molecule has 0 unspecified atom stereocenters. The summed E-state index contributed by atoms with van der Waals surface area (Å²) in [4.78, 5) is 19.7. The average Bonchev–Trinajstić information content (AvgIpc) is 2.91. The summed E-state index contributed by atoms with van der Waals surface area (Å²) >= 11 is 0. The third kappa shape index (κ3) is 2.16. The van der Waals surface area contributed by atoms with E-state index in [1.165, 1.54) is 0 Å². The fraction of sp³-hybridized carbons (Fsp3) is 0.125. The minimum atomic E-state index is -0.330. The molecule has 100 valence electrons. The number of benzene rings is 2. The molecule has 3 aromatic rings. The molecule has 1 heterocycles. The van der Waals surface area contributed by atoms with Gasteiger partial charge in [0.25, 0.3) is 0 Å². The number of H-pyrrole nitrogens is 1. The average molecular weight is 266 g/mol. The number of esters is 1. The van der Waals surface area contributed by atoms with E-state index < -0.39 is 0 Å². The van der Waals surface area contributed by atoms with Gasteiger partial charge in [-0.25, -0.2) is 9.78 Å². The van der Waals surface area contributed by atoms with Crippen molar-refractivity contribution in [2.45, 2.75) is 6.92 Å². The van der Waals surface area contributed by atoms with E-state index in [9.17, 15) is 4.79 Å². The Bertz CT molecular complexity index is 729. The smallest absolute Gasteiger partial charge is 0.338 e. The standard InChI is InChI=1S/C16H14N2O2/c1-2-20-16(19)12-8-4-3-7-11(12)15-17-13-9-5-6-10-14(13)18-15/h3-10H,2H2,1H3,(H,17,18). The van der Waals surface area contributed by atoms with Crippen molar-refractivity contribution in [1.29, 1.82) is 0 Å². The maximum Gasteiger partial charge on any atom is 0.338 e. The van der Waals surface area contributed by atoms with Gasteiger partial charge in [0.2, 0.25) is 0 Å². The third-order valence-electron chi connectivity index (χ3n) is 3.07. The van der Waals surface area contributed by atoms with Crippen LogP contribution in [0.15, 0.2) is 48.5 Å². The highest BCUT2D eigenvalue weighted by Gasteiger charge is 2.15. The number of fused-ring (bicyclic) bond motifs is 1. The van der Waals surface area contributed by atoms with Gasteiger partial charge < -0.3 is 9.72 Å². The summed E-state index contributed by atoms with van der Waals surface area (Å²) in [6.07, 6.45) is 0. The van der Waals surface area contributed by atoms with Crippen LogP contribution in [0.25, 0.3) is 22.4 Å². The monoisotopic (exact) mass is 266 g/mol. The van der Waals surface area contributed by atoms with Crippen molar-refractivity contribution >= 4 is 17.0 Å². The molecule has 4 nitrogen and oxygen atoms in total. The molecule has 2 aromatic carbocycles. The first kappa shape index (κ1) is 12.4. The molecule has 0 fully saturated rings. The summed E-state index contributed by atoms with van der Waals surface area (Å²) in [5.41, 5.74) is 3.10. The second kappa shape index (κ2) is 5.17. The molecule has 1 N–H and O–H groups in total. The Hall–Kier alpha value is -2.62. The predicted octanol–water partition coefficient (Wildman–Crippen LogP) is 3.41. The number of aromatic nitrogens is 2. The number of nitrogens with zero attached hydrogens (tertiary/aromatic N) is 1. The molecule has 0 radical (unpaired) electrons. The van der Waals surface area contributed by atoms with Crippen molar-refractivity contribution in [3.05, 3.63) is 54.1 Å². The number of ether oxygens (including phenoxy) is 1. The van der Waals surface area contributed by atoms with Crippen molar-refractivity contribution in [1.82, 2.24) is 9.97 Å². The van der Waals surface area contributed by atoms with Crippen LogP contribution in [0.3, 0.4) is 0 Å². The molecule has 0 aliphatic heterocycles. The van der Waals surface area contributed by atoms with Crippen LogP contribution in [-0.2, 0) is 4.74 Å². The van der Waals surface area contributed by atoms with Gasteiger partial charge in [-0.1, -0.05) is 30.3 Å². The van der Waals surface area contributed by atoms with Crippen molar-refractivity contribution in [2.24, 2.45) is 0 Å². The second-order valence-corrected chi connectivity index (χ2v) is 4.37. The van der Waals surface area contributed by atoms with Gasteiger partial charge in [0.1, 0.15) is 5.82 Å². The van der Waals surface area contributed by atoms with E-state index in [0.29, 0.717) is 18.0 Å². The summed E-state index contributed by atoms with van der Waals surface area (Å²) in [5.74, 6) is 0.346. The molecule has 0 saturated heterocycles. The van der Waals surface area contributed by atoms with Gasteiger partial charge >= 0.3 is 5.97 Å². The number of carbonyl (C=O) groups excluding carboxylic acids is 1. The quantitative estimate of drug-likeness (QED) is 0.739. The maximum atomic E-state index is 12.0. The third-order valence-corrected chi connectivity index (χ3v) is 3.07. The highest BCUT2D eigenvalue weighted by molar-refractivity contribution is 5.97. The molecular formula is C16H14N2O2. The van der Waals surface area contributed by atoms with Crippen LogP contribution in [0.4, 0.5) is 0 Å². The van der Waals surface area contributed by atoms with Crippen molar-refractivity contribution < 1.29 is 9.53 Å². The van der Waals surface area contributed by atoms with Crippen LogP contribution in [0.2, 0.25) is 0 Å². The lowest BCUT2D eigenvalue weighted by atomic mass is 10.1. The topological polar surface area (TPSA) is 55.0 Å². The highest BCUT2D eigenvalue weighted by atomic mass is 16.5. The lowest BCUT2D eigenvalue weighted by Crippen LogP contribution is -2.06. The molecule has 0 bridgehead atoms. The number of hydrogen-bond donors (Lipinski definition) is 1. The fourth-order valence-electron chi connectivity index (χ4n) is 2.16. The summed E-state index contributed by atoms with van der Waals surface area (Å²) in [6.45, 7) is 2.15. The molecule has 4 heteroatoms. The number of nitrogens with one attached hydrogen (secondary N) is 1. The number of hydrogen-bond acceptors (Lipinski definition) is 3. The van der Waals surface area contributed by atoms with Gasteiger partial charge in [0.05, 0.1) is 23.2 Å². The van der Waals surface area contributed by atoms with Gasteiger partial charge in [-0.15, -0.1) is 0 Å². The van der Waals surface area contributed by atoms with Gasteiger partial charge in [0.15, 0.2) is 0 Å². The number of imidazole rings is 1. The Morgan fingerprint density at radius 3 is 2.70 bits per heavy atom. The number of rotatable bonds is 3. The molecule has 0 spiro atoms. The second-order valence-electron chi connectivity index (χ2n) is 4.37. The first-order valence-corrected chi connectivity index (χ1v) is 6.51. The van der Waals surface area contributed by atoms with E-state index in [2.05, 4.69) is 9.97 Å². The van der Waals surface area contributed by atoms with Gasteiger partial charge in [-0.3, -0.25) is 0 Å². The van der Waals surface area contributed by atoms with E-state index in [1.807, 2.05) is 42.5 Å². The van der Waals surface area contributed by atoms with E-state index >= 15 is 0 Å². The zero-order valence-corrected chi connectivity index (χ0v) is 11.1. The van der Waals surface area contributed by atoms with E-state index in [0.717, 1.165) is 16.6 Å². The maximum absolute atomic E-state index is 12.0. The SMILES string of the molecule is CCOC(=O)c1ccccc1-c1nc2ccccc2[nH]1. The van der Waals surface area contributed by atoms with Crippen LogP contribution in [-0.4, -0.2) is 22.5 Å². The van der Waals surface area contributed by atoms with Gasteiger partial charge in [-0.05, 0) is 25.1 Å². The minimum absolute atomic E-state index is 0.330. The Balaban J connectivity index is 2.11. The fourth-order valence-corrected chi connectivity index (χ4v) is 2.16. The zero-order chi connectivity index (χ0) is 13.9. The number of aromatic amines is 1. The van der Waals surface area contributed by atoms with E-state index in [-0.39, 0.29) is 5.97 Å². The van der Waals surface area contributed by atoms with Gasteiger partial charge in [-0.2, -0.15) is 0 Å². The van der Waals surface area contributed by atoms with Crippen LogP contribution < -0.4 is 0 Å². The van der Waals surface area contributed by atoms with Crippen LogP contribution in [0, 0.1) is 0 Å². The Morgan fingerprint density at radius 1 is 1.15 bits per heavy atom. The molecule has 0 amide bonds. The molecule has 0 aliphatic rings. The first-order valence-electron chi connectivity index (χ1n) is 6.51. The summed E-state index contributed by atoms with van der Waals surface area (Å²) in [7, 11) is 0. The minimum Gasteiger partial charge on any atom is -0.462 e. The Labute approximate surface area is 116 Å². The molecule has 0 aliphatic carbocycles. The highest BCUT2D eigenvalue weighted by Crippen LogP contribution is 2.24.